The molecule has 2 aromatic carbocycles. The molecule has 0 aromatic heterocycles. The minimum Gasteiger partial charge on any atom is -0.492 e. The molecule has 2 aliphatic rings. The largest absolute Gasteiger partial charge is 0.492 e. The van der Waals surface area contributed by atoms with Gasteiger partial charge in [-0.3, -0.25) is 9.59 Å². The van der Waals surface area contributed by atoms with Crippen molar-refractivity contribution in [2.24, 2.45) is 5.92 Å². The topological polar surface area (TPSA) is 43.4 Å². The van der Waals surface area contributed by atoms with Crippen LogP contribution >= 0.6 is 0 Å². The Kier molecular flexibility index (Phi) is 2.89. The van der Waals surface area contributed by atoms with Crippen LogP contribution in [0.3, 0.4) is 0 Å². The first-order chi connectivity index (χ1) is 10.7. The molecule has 3 heteroatoms. The number of aryl methyl sites for hydroxylation is 1. The summed E-state index contributed by atoms with van der Waals surface area (Å²) >= 11 is 0. The highest BCUT2D eigenvalue weighted by molar-refractivity contribution is 6.29. The molecule has 0 N–H and O–H groups in total. The summed E-state index contributed by atoms with van der Waals surface area (Å²) in [4.78, 5) is 25.5. The van der Waals surface area contributed by atoms with Gasteiger partial charge in [0, 0.05) is 16.7 Å². The maximum absolute atomic E-state index is 12.9. The second-order valence-electron chi connectivity index (χ2n) is 6.09. The van der Waals surface area contributed by atoms with Crippen LogP contribution in [0.25, 0.3) is 0 Å². The number of rotatable bonds is 3. The molecule has 0 atom stereocenters. The molecule has 22 heavy (non-hydrogen) atoms. The van der Waals surface area contributed by atoms with Gasteiger partial charge in [0.05, 0.1) is 12.2 Å². The van der Waals surface area contributed by atoms with Crippen LogP contribution in [0.5, 0.6) is 5.75 Å². The summed E-state index contributed by atoms with van der Waals surface area (Å²) in [6, 6.07) is 10.6. The molecule has 1 fully saturated rings. The Morgan fingerprint density at radius 2 is 1.64 bits per heavy atom. The summed E-state index contributed by atoms with van der Waals surface area (Å²) < 4.78 is 5.92. The van der Waals surface area contributed by atoms with Gasteiger partial charge in [0.25, 0.3) is 0 Å². The van der Waals surface area contributed by atoms with Crippen LogP contribution in [0.4, 0.5) is 0 Å². The van der Waals surface area contributed by atoms with E-state index in [-0.39, 0.29) is 11.6 Å². The Morgan fingerprint density at radius 1 is 0.955 bits per heavy atom. The van der Waals surface area contributed by atoms with E-state index in [0.29, 0.717) is 40.5 Å². The minimum atomic E-state index is -0.111. The molecule has 0 unspecified atom stereocenters. The Balaban J connectivity index is 1.86. The maximum Gasteiger partial charge on any atom is 0.198 e. The van der Waals surface area contributed by atoms with Crippen LogP contribution in [0.1, 0.15) is 50.2 Å². The van der Waals surface area contributed by atoms with Gasteiger partial charge in [-0.05, 0) is 37.3 Å². The van der Waals surface area contributed by atoms with E-state index in [1.807, 2.05) is 13.0 Å². The van der Waals surface area contributed by atoms with Crippen molar-refractivity contribution in [3.63, 3.8) is 0 Å². The van der Waals surface area contributed by atoms with Crippen molar-refractivity contribution >= 4 is 11.6 Å². The van der Waals surface area contributed by atoms with Crippen molar-refractivity contribution in [2.75, 3.05) is 6.61 Å². The molecule has 2 aromatic rings. The molecule has 1 saturated carbocycles. The third-order valence-corrected chi connectivity index (χ3v) is 4.40. The second kappa shape index (κ2) is 4.80. The fourth-order valence-electron chi connectivity index (χ4n) is 2.93. The van der Waals surface area contributed by atoms with Gasteiger partial charge in [0.1, 0.15) is 5.75 Å². The lowest BCUT2D eigenvalue weighted by Crippen LogP contribution is -2.22. The lowest BCUT2D eigenvalue weighted by Gasteiger charge is -2.21. The van der Waals surface area contributed by atoms with E-state index >= 15 is 0 Å². The highest BCUT2D eigenvalue weighted by Crippen LogP contribution is 2.37. The maximum atomic E-state index is 12.9. The lowest BCUT2D eigenvalue weighted by molar-refractivity contribution is 0.0975. The molecule has 0 heterocycles. The molecular weight excluding hydrogens is 276 g/mol. The Labute approximate surface area is 128 Å². The van der Waals surface area contributed by atoms with Crippen molar-refractivity contribution < 1.29 is 14.3 Å². The number of benzene rings is 2. The fraction of sp³-hybridized carbons (Fsp3) is 0.263. The number of ether oxygens (including phenoxy) is 1. The van der Waals surface area contributed by atoms with Crippen LogP contribution in [0, 0.1) is 12.8 Å². The molecule has 0 amide bonds. The molecule has 0 spiro atoms. The summed E-state index contributed by atoms with van der Waals surface area (Å²) in [7, 11) is 0. The van der Waals surface area contributed by atoms with Crippen LogP contribution in [0.15, 0.2) is 36.4 Å². The van der Waals surface area contributed by atoms with E-state index in [1.165, 1.54) is 12.8 Å². The highest BCUT2D eigenvalue weighted by atomic mass is 16.5. The SMILES string of the molecule is Cc1ccc2c(c1OCC1CC1)C(=O)c1ccccc1C2=O. The van der Waals surface area contributed by atoms with Gasteiger partial charge in [-0.2, -0.15) is 0 Å². The summed E-state index contributed by atoms with van der Waals surface area (Å²) in [6.07, 6.45) is 2.37. The zero-order valence-corrected chi connectivity index (χ0v) is 12.4. The molecule has 110 valence electrons. The van der Waals surface area contributed by atoms with Gasteiger partial charge < -0.3 is 4.74 Å². The van der Waals surface area contributed by atoms with Gasteiger partial charge in [-0.25, -0.2) is 0 Å². The standard InChI is InChI=1S/C19H16O3/c1-11-6-9-15-16(19(11)22-10-12-7-8-12)18(21)14-5-3-2-4-13(14)17(15)20/h2-6,9,12H,7-8,10H2,1H3. The number of fused-ring (bicyclic) bond motifs is 2. The van der Waals surface area contributed by atoms with E-state index in [9.17, 15) is 9.59 Å². The normalized spacial score (nSPS) is 16.2. The van der Waals surface area contributed by atoms with Crippen LogP contribution in [-0.4, -0.2) is 18.2 Å². The minimum absolute atomic E-state index is 0.0959. The average Bonchev–Trinajstić information content (AvgIpc) is 3.35. The zero-order chi connectivity index (χ0) is 15.3. The van der Waals surface area contributed by atoms with Crippen molar-refractivity contribution in [2.45, 2.75) is 19.8 Å². The third-order valence-electron chi connectivity index (χ3n) is 4.40. The first-order valence-electron chi connectivity index (χ1n) is 7.61. The predicted octanol–water partition coefficient (Wildman–Crippen LogP) is 3.56. The van der Waals surface area contributed by atoms with Crippen molar-refractivity contribution in [3.05, 3.63) is 64.2 Å². The number of carbonyl (C=O) groups excluding carboxylic acids is 2. The Hall–Kier alpha value is -2.42. The number of carbonyl (C=O) groups is 2. The second-order valence-corrected chi connectivity index (χ2v) is 6.09. The average molecular weight is 292 g/mol. The Morgan fingerprint density at radius 3 is 2.32 bits per heavy atom. The van der Waals surface area contributed by atoms with E-state index in [4.69, 9.17) is 4.74 Å². The molecular formula is C19H16O3. The molecule has 0 aliphatic heterocycles. The summed E-state index contributed by atoms with van der Waals surface area (Å²) in [5.41, 5.74) is 2.75. The Bertz CT molecular complexity index is 800. The first-order valence-corrected chi connectivity index (χ1v) is 7.61. The van der Waals surface area contributed by atoms with Gasteiger partial charge in [0.15, 0.2) is 11.6 Å². The number of hydrogen-bond donors (Lipinski definition) is 0. The van der Waals surface area contributed by atoms with Crippen LogP contribution < -0.4 is 4.74 Å². The van der Waals surface area contributed by atoms with Gasteiger partial charge in [0.2, 0.25) is 0 Å². The molecule has 3 nitrogen and oxygen atoms in total. The zero-order valence-electron chi connectivity index (χ0n) is 12.4. The van der Waals surface area contributed by atoms with Crippen LogP contribution in [-0.2, 0) is 0 Å². The van der Waals surface area contributed by atoms with Crippen LogP contribution in [0.2, 0.25) is 0 Å². The van der Waals surface area contributed by atoms with Crippen molar-refractivity contribution in [1.29, 1.82) is 0 Å². The molecule has 2 aliphatic carbocycles. The predicted molar refractivity (Wildman–Crippen MR) is 82.7 cm³/mol. The van der Waals surface area contributed by atoms with Gasteiger partial charge in [-0.1, -0.05) is 30.3 Å². The number of ketones is 2. The fourth-order valence-corrected chi connectivity index (χ4v) is 2.93. The third kappa shape index (κ3) is 1.97. The van der Waals surface area contributed by atoms with E-state index in [0.717, 1.165) is 5.56 Å². The van der Waals surface area contributed by atoms with E-state index < -0.39 is 0 Å². The van der Waals surface area contributed by atoms with E-state index in [1.54, 1.807) is 30.3 Å². The molecule has 0 radical (unpaired) electrons. The van der Waals surface area contributed by atoms with E-state index in [2.05, 4.69) is 0 Å². The highest BCUT2D eigenvalue weighted by Gasteiger charge is 2.33. The molecule has 4 rings (SSSR count). The van der Waals surface area contributed by atoms with Gasteiger partial charge >= 0.3 is 0 Å². The molecule has 0 bridgehead atoms. The summed E-state index contributed by atoms with van der Waals surface area (Å²) in [6.45, 7) is 2.54. The first kappa shape index (κ1) is 13.3. The summed E-state index contributed by atoms with van der Waals surface area (Å²) in [5, 5.41) is 0. The monoisotopic (exact) mass is 292 g/mol. The van der Waals surface area contributed by atoms with Crippen molar-refractivity contribution in [1.82, 2.24) is 0 Å². The quantitative estimate of drug-likeness (QED) is 0.741. The molecule has 0 saturated heterocycles. The summed E-state index contributed by atoms with van der Waals surface area (Å²) in [5.74, 6) is 0.968. The van der Waals surface area contributed by atoms with Gasteiger partial charge in [-0.15, -0.1) is 0 Å². The van der Waals surface area contributed by atoms with Crippen molar-refractivity contribution in [3.8, 4) is 5.75 Å². The number of hydrogen-bond acceptors (Lipinski definition) is 3. The lowest BCUT2D eigenvalue weighted by atomic mass is 9.83. The smallest absolute Gasteiger partial charge is 0.198 e.